The van der Waals surface area contributed by atoms with Gasteiger partial charge in [0.05, 0.1) is 0 Å². The second-order valence-corrected chi connectivity index (χ2v) is 8.05. The van der Waals surface area contributed by atoms with Gasteiger partial charge in [-0.2, -0.15) is 11.8 Å². The van der Waals surface area contributed by atoms with E-state index >= 15 is 0 Å². The Balaban J connectivity index is 1.54. The van der Waals surface area contributed by atoms with E-state index in [2.05, 4.69) is 51.9 Å². The van der Waals surface area contributed by atoms with Crippen LogP contribution in [0.5, 0.6) is 0 Å². The summed E-state index contributed by atoms with van der Waals surface area (Å²) in [4.78, 5) is 5.57. The Morgan fingerprint density at radius 3 is 2.81 bits per heavy atom. The number of nitrogens with zero attached hydrogens (tertiary/aromatic N) is 2. The molecule has 4 rings (SSSR count). The first-order valence-electron chi connectivity index (χ1n) is 8.51. The fraction of sp³-hybridized carbons (Fsp3) is 0.667. The van der Waals surface area contributed by atoms with Crippen LogP contribution in [0.2, 0.25) is 0 Å². The first-order valence-corrected chi connectivity index (χ1v) is 9.66. The molecule has 3 saturated heterocycles. The van der Waals surface area contributed by atoms with Crippen LogP contribution >= 0.6 is 11.8 Å². The van der Waals surface area contributed by atoms with Gasteiger partial charge < -0.3 is 0 Å². The van der Waals surface area contributed by atoms with Crippen LogP contribution in [-0.2, 0) is 0 Å². The van der Waals surface area contributed by atoms with E-state index in [-0.39, 0.29) is 0 Å². The predicted octanol–water partition coefficient (Wildman–Crippen LogP) is 3.26. The van der Waals surface area contributed by atoms with Crippen LogP contribution in [0, 0.1) is 5.92 Å². The van der Waals surface area contributed by atoms with Gasteiger partial charge in [0.2, 0.25) is 0 Å². The van der Waals surface area contributed by atoms with Crippen molar-refractivity contribution in [2.24, 2.45) is 5.92 Å². The summed E-state index contributed by atoms with van der Waals surface area (Å²) in [6.07, 6.45) is 4.24. The highest BCUT2D eigenvalue weighted by molar-refractivity contribution is 7.99. The van der Waals surface area contributed by atoms with Crippen LogP contribution in [0.25, 0.3) is 0 Å². The molecule has 3 fully saturated rings. The number of rotatable bonds is 3. The number of thioether (sulfide) groups is 1. The standard InChI is InChI=1S/C18H26N2S/c1-2-5-16(6-3-1)18-13-19-9-4-7-17(19)12-20(18)11-15-8-10-21-14-15/h1-3,5-6,15,17-18H,4,7-14H2. The molecule has 0 saturated carbocycles. The largest absolute Gasteiger partial charge is 0.297 e. The molecule has 3 unspecified atom stereocenters. The van der Waals surface area contributed by atoms with E-state index in [1.165, 1.54) is 62.5 Å². The van der Waals surface area contributed by atoms with Crippen molar-refractivity contribution in [2.75, 3.05) is 37.7 Å². The molecular weight excluding hydrogens is 276 g/mol. The molecule has 3 atom stereocenters. The molecule has 1 aromatic carbocycles. The number of fused-ring (bicyclic) bond motifs is 1. The molecule has 3 aliphatic rings. The van der Waals surface area contributed by atoms with Crippen molar-refractivity contribution < 1.29 is 0 Å². The molecular formula is C18H26N2S. The van der Waals surface area contributed by atoms with Crippen molar-refractivity contribution in [1.82, 2.24) is 9.80 Å². The third-order valence-corrected chi connectivity index (χ3v) is 6.73. The van der Waals surface area contributed by atoms with Crippen LogP contribution in [-0.4, -0.2) is 53.5 Å². The van der Waals surface area contributed by atoms with Crippen LogP contribution in [0.4, 0.5) is 0 Å². The second-order valence-electron chi connectivity index (χ2n) is 6.90. The summed E-state index contributed by atoms with van der Waals surface area (Å²) in [7, 11) is 0. The Morgan fingerprint density at radius 2 is 2.00 bits per heavy atom. The molecule has 0 amide bonds. The maximum atomic E-state index is 2.82. The van der Waals surface area contributed by atoms with Gasteiger partial charge in [-0.15, -0.1) is 0 Å². The van der Waals surface area contributed by atoms with Gasteiger partial charge in [-0.1, -0.05) is 30.3 Å². The highest BCUT2D eigenvalue weighted by Gasteiger charge is 2.37. The molecule has 3 aliphatic heterocycles. The molecule has 3 heterocycles. The van der Waals surface area contributed by atoms with E-state index in [1.54, 1.807) is 0 Å². The second kappa shape index (κ2) is 6.31. The molecule has 21 heavy (non-hydrogen) atoms. The summed E-state index contributed by atoms with van der Waals surface area (Å²) in [6, 6.07) is 12.7. The summed E-state index contributed by atoms with van der Waals surface area (Å²) in [5.74, 6) is 3.69. The highest BCUT2D eigenvalue weighted by atomic mass is 32.2. The first kappa shape index (κ1) is 14.1. The maximum Gasteiger partial charge on any atom is 0.0476 e. The van der Waals surface area contributed by atoms with Crippen molar-refractivity contribution in [3.8, 4) is 0 Å². The predicted molar refractivity (Wildman–Crippen MR) is 90.8 cm³/mol. The third-order valence-electron chi connectivity index (χ3n) is 5.49. The Labute approximate surface area is 132 Å². The minimum atomic E-state index is 0.617. The topological polar surface area (TPSA) is 6.48 Å². The number of piperazine rings is 1. The van der Waals surface area contributed by atoms with Crippen LogP contribution in [0.15, 0.2) is 30.3 Å². The van der Waals surface area contributed by atoms with Gasteiger partial charge in [0.25, 0.3) is 0 Å². The number of hydrogen-bond donors (Lipinski definition) is 0. The Hall–Kier alpha value is -0.510. The van der Waals surface area contributed by atoms with Gasteiger partial charge in [0.1, 0.15) is 0 Å². The lowest BCUT2D eigenvalue weighted by molar-refractivity contribution is 0.0416. The van der Waals surface area contributed by atoms with E-state index in [4.69, 9.17) is 0 Å². The number of hydrogen-bond acceptors (Lipinski definition) is 3. The lowest BCUT2D eigenvalue weighted by Gasteiger charge is -2.45. The van der Waals surface area contributed by atoms with E-state index in [0.717, 1.165) is 12.0 Å². The Morgan fingerprint density at radius 1 is 1.10 bits per heavy atom. The van der Waals surface area contributed by atoms with Gasteiger partial charge in [0, 0.05) is 31.7 Å². The molecule has 0 spiro atoms. The summed E-state index contributed by atoms with van der Waals surface area (Å²) in [6.45, 7) is 5.17. The van der Waals surface area contributed by atoms with E-state index < -0.39 is 0 Å². The van der Waals surface area contributed by atoms with Crippen molar-refractivity contribution in [3.63, 3.8) is 0 Å². The van der Waals surface area contributed by atoms with Gasteiger partial charge in [-0.25, -0.2) is 0 Å². The van der Waals surface area contributed by atoms with E-state index in [9.17, 15) is 0 Å². The fourth-order valence-corrected chi connectivity index (χ4v) is 5.60. The maximum absolute atomic E-state index is 2.82. The Bertz CT molecular complexity index is 456. The molecule has 2 nitrogen and oxygen atoms in total. The van der Waals surface area contributed by atoms with Gasteiger partial charge in [-0.05, 0) is 48.8 Å². The monoisotopic (exact) mass is 302 g/mol. The zero-order valence-corrected chi connectivity index (χ0v) is 13.6. The summed E-state index contributed by atoms with van der Waals surface area (Å²) < 4.78 is 0. The van der Waals surface area contributed by atoms with Crippen LogP contribution < -0.4 is 0 Å². The molecule has 3 heteroatoms. The lowest BCUT2D eigenvalue weighted by Crippen LogP contribution is -2.52. The molecule has 0 aromatic heterocycles. The minimum Gasteiger partial charge on any atom is -0.297 e. The summed E-state index contributed by atoms with van der Waals surface area (Å²) in [5, 5.41) is 0. The summed E-state index contributed by atoms with van der Waals surface area (Å²) >= 11 is 2.15. The van der Waals surface area contributed by atoms with Crippen molar-refractivity contribution >= 4 is 11.8 Å². The summed E-state index contributed by atoms with van der Waals surface area (Å²) in [5.41, 5.74) is 1.52. The van der Waals surface area contributed by atoms with Crippen molar-refractivity contribution in [3.05, 3.63) is 35.9 Å². The molecule has 0 N–H and O–H groups in total. The van der Waals surface area contributed by atoms with Gasteiger partial charge >= 0.3 is 0 Å². The minimum absolute atomic E-state index is 0.617. The quantitative estimate of drug-likeness (QED) is 0.846. The van der Waals surface area contributed by atoms with E-state index in [1.807, 2.05) is 0 Å². The Kier molecular flexibility index (Phi) is 4.24. The lowest BCUT2D eigenvalue weighted by atomic mass is 9.97. The van der Waals surface area contributed by atoms with Gasteiger partial charge in [0.15, 0.2) is 0 Å². The zero-order valence-electron chi connectivity index (χ0n) is 12.8. The van der Waals surface area contributed by atoms with E-state index in [0.29, 0.717) is 6.04 Å². The smallest absolute Gasteiger partial charge is 0.0476 e. The average Bonchev–Trinajstić information content (AvgIpc) is 3.18. The van der Waals surface area contributed by atoms with Crippen molar-refractivity contribution in [1.29, 1.82) is 0 Å². The SMILES string of the molecule is c1ccc(C2CN3CCCC3CN2CC2CCSC2)cc1. The fourth-order valence-electron chi connectivity index (χ4n) is 4.33. The molecule has 0 radical (unpaired) electrons. The highest BCUT2D eigenvalue weighted by Crippen LogP contribution is 2.34. The molecule has 114 valence electrons. The molecule has 1 aromatic rings. The molecule has 0 aliphatic carbocycles. The third kappa shape index (κ3) is 3.01. The average molecular weight is 302 g/mol. The zero-order chi connectivity index (χ0) is 14.1. The molecule has 0 bridgehead atoms. The van der Waals surface area contributed by atoms with Crippen LogP contribution in [0.3, 0.4) is 0 Å². The first-order chi connectivity index (χ1) is 10.4. The normalized spacial score (nSPS) is 34.2. The number of benzene rings is 1. The van der Waals surface area contributed by atoms with Gasteiger partial charge in [-0.3, -0.25) is 9.80 Å². The van der Waals surface area contributed by atoms with Crippen LogP contribution in [0.1, 0.15) is 30.9 Å². The van der Waals surface area contributed by atoms with Crippen molar-refractivity contribution in [2.45, 2.75) is 31.3 Å².